The molecule has 1 aromatic rings. The van der Waals surface area contributed by atoms with Gasteiger partial charge in [0.25, 0.3) is 0 Å². The minimum atomic E-state index is -0.746. The maximum absolute atomic E-state index is 13.0. The SMILES string of the molecule is O=CC1CCCCN1CC(=O)Nc1cc(F)cc(F)c1. The van der Waals surface area contributed by atoms with E-state index in [-0.39, 0.29) is 24.2 Å². The lowest BCUT2D eigenvalue weighted by molar-refractivity contribution is -0.120. The fourth-order valence-electron chi connectivity index (χ4n) is 2.38. The van der Waals surface area contributed by atoms with Gasteiger partial charge in [-0.15, -0.1) is 0 Å². The van der Waals surface area contributed by atoms with E-state index in [0.29, 0.717) is 6.54 Å². The van der Waals surface area contributed by atoms with Crippen LogP contribution in [0.4, 0.5) is 14.5 Å². The Morgan fingerprint density at radius 2 is 2.00 bits per heavy atom. The van der Waals surface area contributed by atoms with Gasteiger partial charge < -0.3 is 10.1 Å². The van der Waals surface area contributed by atoms with Gasteiger partial charge in [0, 0.05) is 11.8 Å². The normalized spacial score (nSPS) is 19.6. The van der Waals surface area contributed by atoms with E-state index in [4.69, 9.17) is 0 Å². The van der Waals surface area contributed by atoms with Crippen LogP contribution < -0.4 is 5.32 Å². The first-order valence-electron chi connectivity index (χ1n) is 6.54. The molecule has 1 saturated heterocycles. The molecule has 0 radical (unpaired) electrons. The Labute approximate surface area is 115 Å². The Kier molecular flexibility index (Phi) is 4.79. The fraction of sp³-hybridized carbons (Fsp3) is 0.429. The minimum absolute atomic E-state index is 0.0432. The Hall–Kier alpha value is -1.82. The van der Waals surface area contributed by atoms with Gasteiger partial charge in [-0.25, -0.2) is 8.78 Å². The number of aldehydes is 1. The summed E-state index contributed by atoms with van der Waals surface area (Å²) >= 11 is 0. The summed E-state index contributed by atoms with van der Waals surface area (Å²) in [6.45, 7) is 0.718. The number of hydrogen-bond acceptors (Lipinski definition) is 3. The van der Waals surface area contributed by atoms with Crippen molar-refractivity contribution in [2.45, 2.75) is 25.3 Å². The summed E-state index contributed by atoms with van der Waals surface area (Å²) < 4.78 is 26.0. The van der Waals surface area contributed by atoms with Crippen molar-refractivity contribution in [3.05, 3.63) is 29.8 Å². The molecule has 6 heteroatoms. The average Bonchev–Trinajstić information content (AvgIpc) is 2.37. The number of rotatable bonds is 4. The number of nitrogens with one attached hydrogen (secondary N) is 1. The lowest BCUT2D eigenvalue weighted by atomic mass is 10.0. The second kappa shape index (κ2) is 6.56. The zero-order valence-corrected chi connectivity index (χ0v) is 10.9. The first-order valence-corrected chi connectivity index (χ1v) is 6.54. The van der Waals surface area contributed by atoms with Gasteiger partial charge in [-0.05, 0) is 31.5 Å². The summed E-state index contributed by atoms with van der Waals surface area (Å²) in [7, 11) is 0. The molecule has 0 spiro atoms. The molecule has 1 aliphatic heterocycles. The number of nitrogens with zero attached hydrogens (tertiary/aromatic N) is 1. The third-order valence-corrected chi connectivity index (χ3v) is 3.31. The van der Waals surface area contributed by atoms with E-state index in [9.17, 15) is 18.4 Å². The maximum atomic E-state index is 13.0. The number of likely N-dealkylation sites (tertiary alicyclic amines) is 1. The highest BCUT2D eigenvalue weighted by Crippen LogP contribution is 2.16. The van der Waals surface area contributed by atoms with Crippen LogP contribution in [0.2, 0.25) is 0 Å². The Morgan fingerprint density at radius 1 is 1.30 bits per heavy atom. The first kappa shape index (κ1) is 14.6. The number of carbonyl (C=O) groups is 2. The largest absolute Gasteiger partial charge is 0.325 e. The van der Waals surface area contributed by atoms with Crippen LogP contribution in [0.3, 0.4) is 0 Å². The third-order valence-electron chi connectivity index (χ3n) is 3.31. The van der Waals surface area contributed by atoms with Gasteiger partial charge in [-0.3, -0.25) is 9.69 Å². The molecule has 1 fully saturated rings. The fourth-order valence-corrected chi connectivity index (χ4v) is 2.38. The van der Waals surface area contributed by atoms with E-state index in [1.807, 2.05) is 0 Å². The number of piperidine rings is 1. The summed E-state index contributed by atoms with van der Waals surface area (Å²) in [5.41, 5.74) is 0.0761. The molecule has 1 aromatic carbocycles. The van der Waals surface area contributed by atoms with Crippen molar-refractivity contribution < 1.29 is 18.4 Å². The van der Waals surface area contributed by atoms with Gasteiger partial charge in [0.1, 0.15) is 17.9 Å². The van der Waals surface area contributed by atoms with E-state index >= 15 is 0 Å². The molecule has 1 unspecified atom stereocenters. The number of amides is 1. The van der Waals surface area contributed by atoms with Crippen LogP contribution in [0.25, 0.3) is 0 Å². The molecular formula is C14H16F2N2O2. The topological polar surface area (TPSA) is 49.4 Å². The third kappa shape index (κ3) is 3.84. The second-order valence-electron chi connectivity index (χ2n) is 4.88. The second-order valence-corrected chi connectivity index (χ2v) is 4.88. The Balaban J connectivity index is 1.96. The van der Waals surface area contributed by atoms with Gasteiger partial charge in [-0.2, -0.15) is 0 Å². The molecule has 4 nitrogen and oxygen atoms in total. The zero-order chi connectivity index (χ0) is 14.5. The molecule has 1 amide bonds. The molecule has 0 aromatic heterocycles. The quantitative estimate of drug-likeness (QED) is 0.859. The summed E-state index contributed by atoms with van der Waals surface area (Å²) in [6, 6.07) is 2.59. The van der Waals surface area contributed by atoms with Gasteiger partial charge >= 0.3 is 0 Å². The number of anilines is 1. The van der Waals surface area contributed by atoms with Crippen LogP contribution in [0.1, 0.15) is 19.3 Å². The molecule has 1 aliphatic rings. The molecule has 0 saturated carbocycles. The molecule has 1 atom stereocenters. The lowest BCUT2D eigenvalue weighted by Gasteiger charge is -2.31. The highest BCUT2D eigenvalue weighted by atomic mass is 19.1. The molecule has 1 N–H and O–H groups in total. The summed E-state index contributed by atoms with van der Waals surface area (Å²) in [5, 5.41) is 2.44. The Bertz CT molecular complexity index is 488. The van der Waals surface area contributed by atoms with Crippen molar-refractivity contribution in [3.8, 4) is 0 Å². The summed E-state index contributed by atoms with van der Waals surface area (Å²) in [4.78, 5) is 24.6. The van der Waals surface area contributed by atoms with E-state index in [0.717, 1.165) is 43.7 Å². The van der Waals surface area contributed by atoms with Gasteiger partial charge in [0.15, 0.2) is 0 Å². The van der Waals surface area contributed by atoms with Crippen molar-refractivity contribution in [2.24, 2.45) is 0 Å². The zero-order valence-electron chi connectivity index (χ0n) is 10.9. The van der Waals surface area contributed by atoms with Crippen molar-refractivity contribution in [3.63, 3.8) is 0 Å². The van der Waals surface area contributed by atoms with Crippen LogP contribution in [-0.2, 0) is 9.59 Å². The van der Waals surface area contributed by atoms with E-state index in [2.05, 4.69) is 5.32 Å². The highest BCUT2D eigenvalue weighted by Gasteiger charge is 2.23. The minimum Gasteiger partial charge on any atom is -0.325 e. The van der Waals surface area contributed by atoms with E-state index in [1.165, 1.54) is 0 Å². The van der Waals surface area contributed by atoms with Crippen LogP contribution in [-0.4, -0.2) is 36.2 Å². The van der Waals surface area contributed by atoms with E-state index < -0.39 is 11.6 Å². The molecule has 0 aliphatic carbocycles. The Morgan fingerprint density at radius 3 is 2.65 bits per heavy atom. The van der Waals surface area contributed by atoms with Crippen LogP contribution in [0, 0.1) is 11.6 Å². The molecule has 2 rings (SSSR count). The maximum Gasteiger partial charge on any atom is 0.238 e. The summed E-state index contributed by atoms with van der Waals surface area (Å²) in [6.07, 6.45) is 3.49. The first-order chi connectivity index (χ1) is 9.58. The lowest BCUT2D eigenvalue weighted by Crippen LogP contribution is -2.44. The molecule has 0 bridgehead atoms. The molecule has 20 heavy (non-hydrogen) atoms. The molecule has 108 valence electrons. The number of benzene rings is 1. The molecule has 1 heterocycles. The van der Waals surface area contributed by atoms with Gasteiger partial charge in [-0.1, -0.05) is 6.42 Å². The van der Waals surface area contributed by atoms with Crippen molar-refractivity contribution in [1.82, 2.24) is 4.90 Å². The van der Waals surface area contributed by atoms with Crippen molar-refractivity contribution in [2.75, 3.05) is 18.4 Å². The predicted octanol–water partition coefficient (Wildman–Crippen LogP) is 1.96. The number of halogens is 2. The standard InChI is InChI=1S/C14H16F2N2O2/c15-10-5-11(16)7-12(6-10)17-14(20)8-18-4-2-1-3-13(18)9-19/h5-7,9,13H,1-4,8H2,(H,17,20). The van der Waals surface area contributed by atoms with Crippen LogP contribution in [0.5, 0.6) is 0 Å². The highest BCUT2D eigenvalue weighted by molar-refractivity contribution is 5.92. The van der Waals surface area contributed by atoms with E-state index in [1.54, 1.807) is 4.90 Å². The number of carbonyl (C=O) groups excluding carboxylic acids is 2. The summed E-state index contributed by atoms with van der Waals surface area (Å²) in [5.74, 6) is -1.88. The van der Waals surface area contributed by atoms with Crippen LogP contribution in [0.15, 0.2) is 18.2 Å². The van der Waals surface area contributed by atoms with Gasteiger partial charge in [0.05, 0.1) is 12.6 Å². The average molecular weight is 282 g/mol. The van der Waals surface area contributed by atoms with Crippen molar-refractivity contribution in [1.29, 1.82) is 0 Å². The predicted molar refractivity (Wildman–Crippen MR) is 70.3 cm³/mol. The van der Waals surface area contributed by atoms with Gasteiger partial charge in [0.2, 0.25) is 5.91 Å². The monoisotopic (exact) mass is 282 g/mol. The van der Waals surface area contributed by atoms with Crippen molar-refractivity contribution >= 4 is 17.9 Å². The number of hydrogen-bond donors (Lipinski definition) is 1. The molecular weight excluding hydrogens is 266 g/mol. The van der Waals surface area contributed by atoms with Crippen LogP contribution >= 0.6 is 0 Å². The smallest absolute Gasteiger partial charge is 0.238 e.